The van der Waals surface area contributed by atoms with Crippen LogP contribution in [0.25, 0.3) is 6.08 Å². The number of esters is 1. The Morgan fingerprint density at radius 3 is 2.59 bits per heavy atom. The van der Waals surface area contributed by atoms with Crippen molar-refractivity contribution in [2.24, 2.45) is 0 Å². The normalized spacial score (nSPS) is 12.4. The first-order valence-corrected chi connectivity index (χ1v) is 5.15. The molecule has 1 atom stereocenters. The highest BCUT2D eigenvalue weighted by Gasteiger charge is 2.17. The van der Waals surface area contributed by atoms with Crippen LogP contribution in [0.15, 0.2) is 36.4 Å². The second-order valence-electron chi connectivity index (χ2n) is 3.45. The van der Waals surface area contributed by atoms with Crippen LogP contribution in [0, 0.1) is 0 Å². The lowest BCUT2D eigenvalue weighted by molar-refractivity contribution is -0.151. The summed E-state index contributed by atoms with van der Waals surface area (Å²) in [5.41, 5.74) is 0.883. The van der Waals surface area contributed by atoms with Crippen molar-refractivity contribution in [1.29, 1.82) is 0 Å². The number of rotatable bonds is 5. The Kier molecular flexibility index (Phi) is 5.10. The standard InChI is InChI=1S/C13H14O4/c1-17-13(16)12(15)9-11(14)8-7-10-5-3-2-4-6-10/h2-8,12,15H,9H2,1H3/b8-7+. The van der Waals surface area contributed by atoms with E-state index in [9.17, 15) is 14.7 Å². The van der Waals surface area contributed by atoms with E-state index in [1.54, 1.807) is 6.08 Å². The highest BCUT2D eigenvalue weighted by Crippen LogP contribution is 2.03. The Hall–Kier alpha value is -1.94. The van der Waals surface area contributed by atoms with Crippen LogP contribution in [0.2, 0.25) is 0 Å². The van der Waals surface area contributed by atoms with Gasteiger partial charge in [-0.25, -0.2) is 4.79 Å². The lowest BCUT2D eigenvalue weighted by Crippen LogP contribution is -2.24. The van der Waals surface area contributed by atoms with E-state index in [0.29, 0.717) is 0 Å². The molecule has 4 heteroatoms. The van der Waals surface area contributed by atoms with E-state index in [1.165, 1.54) is 6.08 Å². The largest absolute Gasteiger partial charge is 0.467 e. The van der Waals surface area contributed by atoms with Gasteiger partial charge in [0, 0.05) is 6.42 Å². The average Bonchev–Trinajstić information content (AvgIpc) is 2.36. The third-order valence-electron chi connectivity index (χ3n) is 2.13. The summed E-state index contributed by atoms with van der Waals surface area (Å²) in [4.78, 5) is 22.3. The smallest absolute Gasteiger partial charge is 0.335 e. The van der Waals surface area contributed by atoms with Crippen molar-refractivity contribution >= 4 is 17.8 Å². The first-order chi connectivity index (χ1) is 8.13. The lowest BCUT2D eigenvalue weighted by atomic mass is 10.1. The number of carbonyl (C=O) groups is 2. The van der Waals surface area contributed by atoms with Crippen LogP contribution in [-0.2, 0) is 14.3 Å². The number of carbonyl (C=O) groups excluding carboxylic acids is 2. The van der Waals surface area contributed by atoms with Crippen molar-refractivity contribution in [3.05, 3.63) is 42.0 Å². The average molecular weight is 234 g/mol. The Morgan fingerprint density at radius 1 is 1.35 bits per heavy atom. The van der Waals surface area contributed by atoms with Gasteiger partial charge in [0.05, 0.1) is 7.11 Å². The van der Waals surface area contributed by atoms with Gasteiger partial charge in [-0.1, -0.05) is 36.4 Å². The highest BCUT2D eigenvalue weighted by atomic mass is 16.5. The van der Waals surface area contributed by atoms with Crippen LogP contribution in [0.1, 0.15) is 12.0 Å². The zero-order valence-corrected chi connectivity index (χ0v) is 9.50. The van der Waals surface area contributed by atoms with Crippen LogP contribution >= 0.6 is 0 Å². The van der Waals surface area contributed by atoms with Crippen molar-refractivity contribution in [3.63, 3.8) is 0 Å². The van der Waals surface area contributed by atoms with Crippen molar-refractivity contribution in [3.8, 4) is 0 Å². The van der Waals surface area contributed by atoms with Gasteiger partial charge in [0.25, 0.3) is 0 Å². The zero-order chi connectivity index (χ0) is 12.7. The fourth-order valence-electron chi connectivity index (χ4n) is 1.23. The number of aliphatic hydroxyl groups excluding tert-OH is 1. The quantitative estimate of drug-likeness (QED) is 0.614. The van der Waals surface area contributed by atoms with Crippen LogP contribution in [0.3, 0.4) is 0 Å². The number of hydrogen-bond donors (Lipinski definition) is 1. The number of ether oxygens (including phenoxy) is 1. The van der Waals surface area contributed by atoms with Gasteiger partial charge in [-0.05, 0) is 11.6 Å². The van der Waals surface area contributed by atoms with E-state index >= 15 is 0 Å². The van der Waals surface area contributed by atoms with Crippen molar-refractivity contribution in [2.75, 3.05) is 7.11 Å². The number of hydrogen-bond acceptors (Lipinski definition) is 4. The Labute approximate surface area is 99.5 Å². The third kappa shape index (κ3) is 4.61. The summed E-state index contributed by atoms with van der Waals surface area (Å²) in [5, 5.41) is 9.26. The molecule has 0 radical (unpaired) electrons. The minimum Gasteiger partial charge on any atom is -0.467 e. The molecule has 0 spiro atoms. The molecule has 1 rings (SSSR count). The first-order valence-electron chi connectivity index (χ1n) is 5.15. The maximum absolute atomic E-state index is 11.4. The van der Waals surface area contributed by atoms with Crippen molar-refractivity contribution in [2.45, 2.75) is 12.5 Å². The molecule has 0 aliphatic heterocycles. The molecule has 0 amide bonds. The van der Waals surface area contributed by atoms with Crippen LogP contribution < -0.4 is 0 Å². The number of allylic oxidation sites excluding steroid dienone is 1. The summed E-state index contributed by atoms with van der Waals surface area (Å²) >= 11 is 0. The second kappa shape index (κ2) is 6.60. The molecule has 0 aromatic heterocycles. The van der Waals surface area contributed by atoms with Gasteiger partial charge >= 0.3 is 5.97 Å². The molecule has 0 bridgehead atoms. The summed E-state index contributed by atoms with van der Waals surface area (Å²) in [5.74, 6) is -1.13. The van der Waals surface area contributed by atoms with E-state index in [1.807, 2.05) is 30.3 Å². The molecule has 0 aliphatic carbocycles. The SMILES string of the molecule is COC(=O)C(O)CC(=O)/C=C/c1ccccc1. The predicted octanol–water partition coefficient (Wildman–Crippen LogP) is 1.19. The molecule has 0 fully saturated rings. The van der Waals surface area contributed by atoms with Gasteiger partial charge in [0.15, 0.2) is 11.9 Å². The first kappa shape index (κ1) is 13.1. The molecule has 1 N–H and O–H groups in total. The van der Waals surface area contributed by atoms with Gasteiger partial charge in [-0.15, -0.1) is 0 Å². The molecular formula is C13H14O4. The van der Waals surface area contributed by atoms with E-state index < -0.39 is 12.1 Å². The summed E-state index contributed by atoms with van der Waals surface area (Å²) in [7, 11) is 1.16. The van der Waals surface area contributed by atoms with Gasteiger partial charge in [0.1, 0.15) is 0 Å². The third-order valence-corrected chi connectivity index (χ3v) is 2.13. The van der Waals surface area contributed by atoms with E-state index in [0.717, 1.165) is 12.7 Å². The Morgan fingerprint density at radius 2 is 2.00 bits per heavy atom. The summed E-state index contributed by atoms with van der Waals surface area (Å²) in [6.07, 6.45) is 1.30. The fourth-order valence-corrected chi connectivity index (χ4v) is 1.23. The Balaban J connectivity index is 2.50. The van der Waals surface area contributed by atoms with Gasteiger partial charge < -0.3 is 9.84 Å². The minimum atomic E-state index is -1.40. The molecule has 0 saturated carbocycles. The topological polar surface area (TPSA) is 63.6 Å². The Bertz CT molecular complexity index is 409. The number of ketones is 1. The highest BCUT2D eigenvalue weighted by molar-refractivity contribution is 5.96. The molecule has 1 aromatic rings. The molecular weight excluding hydrogens is 220 g/mol. The molecule has 90 valence electrons. The number of aliphatic hydroxyl groups is 1. The molecule has 0 saturated heterocycles. The van der Waals surface area contributed by atoms with E-state index in [-0.39, 0.29) is 12.2 Å². The zero-order valence-electron chi connectivity index (χ0n) is 9.50. The van der Waals surface area contributed by atoms with Gasteiger partial charge in [0.2, 0.25) is 0 Å². The van der Waals surface area contributed by atoms with Crippen molar-refractivity contribution in [1.82, 2.24) is 0 Å². The van der Waals surface area contributed by atoms with E-state index in [2.05, 4.69) is 4.74 Å². The summed E-state index contributed by atoms with van der Waals surface area (Å²) in [6.45, 7) is 0. The molecule has 0 aliphatic rings. The molecule has 0 heterocycles. The van der Waals surface area contributed by atoms with Crippen LogP contribution in [0.4, 0.5) is 0 Å². The number of benzene rings is 1. The van der Waals surface area contributed by atoms with Gasteiger partial charge in [-0.3, -0.25) is 4.79 Å². The molecule has 4 nitrogen and oxygen atoms in total. The van der Waals surface area contributed by atoms with Crippen LogP contribution in [-0.4, -0.2) is 30.1 Å². The predicted molar refractivity (Wildman–Crippen MR) is 63.1 cm³/mol. The molecule has 1 unspecified atom stereocenters. The van der Waals surface area contributed by atoms with E-state index in [4.69, 9.17) is 0 Å². The maximum atomic E-state index is 11.4. The van der Waals surface area contributed by atoms with Crippen LogP contribution in [0.5, 0.6) is 0 Å². The maximum Gasteiger partial charge on any atom is 0.335 e. The second-order valence-corrected chi connectivity index (χ2v) is 3.45. The lowest BCUT2D eigenvalue weighted by Gasteiger charge is -2.04. The summed E-state index contributed by atoms with van der Waals surface area (Å²) < 4.78 is 4.31. The minimum absolute atomic E-state index is 0.268. The molecule has 1 aromatic carbocycles. The molecule has 17 heavy (non-hydrogen) atoms. The monoisotopic (exact) mass is 234 g/mol. The van der Waals surface area contributed by atoms with Crippen molar-refractivity contribution < 1.29 is 19.4 Å². The fraction of sp³-hybridized carbons (Fsp3) is 0.231. The summed E-state index contributed by atoms with van der Waals surface area (Å²) in [6, 6.07) is 9.28. The number of methoxy groups -OCH3 is 1. The van der Waals surface area contributed by atoms with Gasteiger partial charge in [-0.2, -0.15) is 0 Å².